The fraction of sp³-hybridized carbons (Fsp3) is 0.538. The number of rotatable bonds is 6. The predicted octanol–water partition coefficient (Wildman–Crippen LogP) is 3.22. The molecule has 18 heavy (non-hydrogen) atoms. The van der Waals surface area contributed by atoms with E-state index < -0.39 is 12.8 Å². The second-order valence-electron chi connectivity index (χ2n) is 4.20. The Labute approximate surface area is 105 Å². The van der Waals surface area contributed by atoms with Crippen molar-refractivity contribution in [2.45, 2.75) is 26.1 Å². The van der Waals surface area contributed by atoms with Crippen molar-refractivity contribution in [2.24, 2.45) is 0 Å². The molecule has 0 unspecified atom stereocenters. The van der Waals surface area contributed by atoms with Gasteiger partial charge in [-0.1, -0.05) is 24.3 Å². The summed E-state index contributed by atoms with van der Waals surface area (Å²) in [4.78, 5) is 0. The molecule has 2 nitrogen and oxygen atoms in total. The van der Waals surface area contributed by atoms with Crippen molar-refractivity contribution >= 4 is 0 Å². The van der Waals surface area contributed by atoms with Crippen molar-refractivity contribution in [3.05, 3.63) is 35.4 Å². The topological polar surface area (TPSA) is 21.3 Å². The van der Waals surface area contributed by atoms with Crippen LogP contribution in [0.1, 0.15) is 24.1 Å². The van der Waals surface area contributed by atoms with E-state index >= 15 is 0 Å². The third-order valence-corrected chi connectivity index (χ3v) is 2.62. The molecule has 1 aromatic carbocycles. The van der Waals surface area contributed by atoms with Crippen molar-refractivity contribution < 1.29 is 17.9 Å². The minimum absolute atomic E-state index is 0.0513. The lowest BCUT2D eigenvalue weighted by molar-refractivity contribution is -0.173. The van der Waals surface area contributed by atoms with E-state index in [1.165, 1.54) is 0 Å². The van der Waals surface area contributed by atoms with Gasteiger partial charge in [0.1, 0.15) is 6.61 Å². The molecule has 1 atom stereocenters. The van der Waals surface area contributed by atoms with Crippen LogP contribution in [0, 0.1) is 6.92 Å². The van der Waals surface area contributed by atoms with E-state index in [1.807, 2.05) is 38.1 Å². The molecular weight excluding hydrogens is 243 g/mol. The summed E-state index contributed by atoms with van der Waals surface area (Å²) in [6.07, 6.45) is -4.25. The number of nitrogens with one attached hydrogen (secondary N) is 1. The van der Waals surface area contributed by atoms with E-state index in [1.54, 1.807) is 0 Å². The standard InChI is InChI=1S/C13H18F3NO/c1-10-5-3-4-6-12(10)11(2)17-7-8-18-9-13(14,15)16/h3-6,11,17H,7-9H2,1-2H3/t11-/m0/s1. The van der Waals surface area contributed by atoms with Gasteiger partial charge in [0.15, 0.2) is 0 Å². The van der Waals surface area contributed by atoms with Crippen LogP contribution in [-0.2, 0) is 4.74 Å². The Morgan fingerprint density at radius 3 is 2.56 bits per heavy atom. The van der Waals surface area contributed by atoms with E-state index in [9.17, 15) is 13.2 Å². The smallest absolute Gasteiger partial charge is 0.371 e. The lowest BCUT2D eigenvalue weighted by atomic mass is 10.0. The molecule has 1 aromatic rings. The van der Waals surface area contributed by atoms with Crippen LogP contribution in [0.4, 0.5) is 13.2 Å². The van der Waals surface area contributed by atoms with Crippen LogP contribution in [0.25, 0.3) is 0 Å². The van der Waals surface area contributed by atoms with Gasteiger partial charge in [0.05, 0.1) is 6.61 Å². The van der Waals surface area contributed by atoms with E-state index in [0.717, 1.165) is 11.1 Å². The van der Waals surface area contributed by atoms with E-state index in [2.05, 4.69) is 10.1 Å². The lowest BCUT2D eigenvalue weighted by Crippen LogP contribution is -2.26. The summed E-state index contributed by atoms with van der Waals surface area (Å²) in [6.45, 7) is 3.24. The SMILES string of the molecule is Cc1ccccc1[C@H](C)NCCOCC(F)(F)F. The molecule has 0 fully saturated rings. The first-order valence-corrected chi connectivity index (χ1v) is 5.83. The summed E-state index contributed by atoms with van der Waals surface area (Å²) in [6, 6.07) is 8.01. The summed E-state index contributed by atoms with van der Waals surface area (Å²) in [7, 11) is 0. The predicted molar refractivity (Wildman–Crippen MR) is 64.5 cm³/mol. The number of hydrogen-bond donors (Lipinski definition) is 1. The fourth-order valence-corrected chi connectivity index (χ4v) is 1.72. The zero-order chi connectivity index (χ0) is 13.6. The molecule has 102 valence electrons. The van der Waals surface area contributed by atoms with Crippen LogP contribution in [-0.4, -0.2) is 25.9 Å². The molecule has 0 saturated carbocycles. The van der Waals surface area contributed by atoms with Crippen LogP contribution in [0.3, 0.4) is 0 Å². The first kappa shape index (κ1) is 15.0. The Balaban J connectivity index is 2.26. The van der Waals surface area contributed by atoms with Gasteiger partial charge in [-0.15, -0.1) is 0 Å². The van der Waals surface area contributed by atoms with Crippen molar-refractivity contribution in [1.29, 1.82) is 0 Å². The van der Waals surface area contributed by atoms with Gasteiger partial charge in [-0.2, -0.15) is 13.2 Å². The fourth-order valence-electron chi connectivity index (χ4n) is 1.72. The van der Waals surface area contributed by atoms with Crippen molar-refractivity contribution in [1.82, 2.24) is 5.32 Å². The summed E-state index contributed by atoms with van der Waals surface area (Å²) in [5.41, 5.74) is 2.31. The largest absolute Gasteiger partial charge is 0.411 e. The highest BCUT2D eigenvalue weighted by Gasteiger charge is 2.27. The van der Waals surface area contributed by atoms with Crippen LogP contribution in [0.15, 0.2) is 24.3 Å². The first-order chi connectivity index (χ1) is 8.40. The molecule has 1 N–H and O–H groups in total. The zero-order valence-corrected chi connectivity index (χ0v) is 10.6. The Morgan fingerprint density at radius 2 is 1.94 bits per heavy atom. The first-order valence-electron chi connectivity index (χ1n) is 5.83. The number of benzene rings is 1. The maximum Gasteiger partial charge on any atom is 0.411 e. The Morgan fingerprint density at radius 1 is 1.28 bits per heavy atom. The van der Waals surface area contributed by atoms with E-state index in [0.29, 0.717) is 6.54 Å². The minimum Gasteiger partial charge on any atom is -0.371 e. The summed E-state index contributed by atoms with van der Waals surface area (Å²) in [5, 5.41) is 3.13. The molecule has 0 aliphatic heterocycles. The minimum atomic E-state index is -4.25. The summed E-state index contributed by atoms with van der Waals surface area (Å²) < 4.78 is 40.0. The summed E-state index contributed by atoms with van der Waals surface area (Å²) in [5.74, 6) is 0. The van der Waals surface area contributed by atoms with Gasteiger partial charge in [0.2, 0.25) is 0 Å². The molecule has 0 radical (unpaired) electrons. The Kier molecular flexibility index (Phi) is 5.62. The van der Waals surface area contributed by atoms with Gasteiger partial charge < -0.3 is 10.1 Å². The van der Waals surface area contributed by atoms with Crippen molar-refractivity contribution in [3.63, 3.8) is 0 Å². The Hall–Kier alpha value is -1.07. The maximum atomic E-state index is 11.8. The third-order valence-electron chi connectivity index (χ3n) is 2.62. The number of alkyl halides is 3. The second-order valence-corrected chi connectivity index (χ2v) is 4.20. The van der Waals surface area contributed by atoms with Gasteiger partial charge in [0, 0.05) is 12.6 Å². The maximum absolute atomic E-state index is 11.8. The monoisotopic (exact) mass is 261 g/mol. The highest BCUT2D eigenvalue weighted by atomic mass is 19.4. The quantitative estimate of drug-likeness (QED) is 0.794. The van der Waals surface area contributed by atoms with Gasteiger partial charge in [-0.3, -0.25) is 0 Å². The van der Waals surface area contributed by atoms with E-state index in [-0.39, 0.29) is 12.6 Å². The lowest BCUT2D eigenvalue weighted by Gasteiger charge is -2.16. The van der Waals surface area contributed by atoms with Crippen molar-refractivity contribution in [2.75, 3.05) is 19.8 Å². The average molecular weight is 261 g/mol. The highest BCUT2D eigenvalue weighted by Crippen LogP contribution is 2.16. The molecule has 0 aromatic heterocycles. The third kappa shape index (κ3) is 5.51. The van der Waals surface area contributed by atoms with Gasteiger partial charge in [-0.25, -0.2) is 0 Å². The van der Waals surface area contributed by atoms with Crippen LogP contribution in [0.5, 0.6) is 0 Å². The molecular formula is C13H18F3NO. The molecule has 1 rings (SSSR count). The van der Waals surface area contributed by atoms with Gasteiger partial charge in [-0.05, 0) is 25.0 Å². The molecule has 0 amide bonds. The van der Waals surface area contributed by atoms with Crippen LogP contribution < -0.4 is 5.32 Å². The molecule has 0 bridgehead atoms. The molecule has 0 spiro atoms. The number of ether oxygens (including phenoxy) is 1. The molecule has 0 heterocycles. The number of aryl methyl sites for hydroxylation is 1. The highest BCUT2D eigenvalue weighted by molar-refractivity contribution is 5.28. The normalized spacial score (nSPS) is 13.6. The van der Waals surface area contributed by atoms with Crippen molar-refractivity contribution in [3.8, 4) is 0 Å². The average Bonchev–Trinajstić information content (AvgIpc) is 2.27. The van der Waals surface area contributed by atoms with Gasteiger partial charge >= 0.3 is 6.18 Å². The number of halogens is 3. The summed E-state index contributed by atoms with van der Waals surface area (Å²) >= 11 is 0. The van der Waals surface area contributed by atoms with Crippen LogP contribution in [0.2, 0.25) is 0 Å². The van der Waals surface area contributed by atoms with Crippen LogP contribution >= 0.6 is 0 Å². The molecule has 0 aliphatic rings. The van der Waals surface area contributed by atoms with E-state index in [4.69, 9.17) is 0 Å². The zero-order valence-electron chi connectivity index (χ0n) is 10.6. The molecule has 0 saturated heterocycles. The molecule has 0 aliphatic carbocycles. The number of hydrogen-bond acceptors (Lipinski definition) is 2. The second kappa shape index (κ2) is 6.75. The Bertz CT molecular complexity index is 365. The van der Waals surface area contributed by atoms with Gasteiger partial charge in [0.25, 0.3) is 0 Å². The molecule has 5 heteroatoms.